The Hall–Kier alpha value is -2.38. The summed E-state index contributed by atoms with van der Waals surface area (Å²) in [5, 5.41) is 0. The zero-order chi connectivity index (χ0) is 18.6. The Morgan fingerprint density at radius 1 is 1.20 bits per heavy atom. The summed E-state index contributed by atoms with van der Waals surface area (Å²) in [6, 6.07) is 11.2. The van der Waals surface area contributed by atoms with E-state index in [-0.39, 0.29) is 17.1 Å². The van der Waals surface area contributed by atoms with Gasteiger partial charge in [0.15, 0.2) is 0 Å². The number of ether oxygens (including phenoxy) is 1. The van der Waals surface area contributed by atoms with Crippen molar-refractivity contribution in [2.24, 2.45) is 5.73 Å². The van der Waals surface area contributed by atoms with Crippen molar-refractivity contribution in [3.63, 3.8) is 0 Å². The maximum atomic E-state index is 12.5. The number of nitrogens with two attached hydrogens (primary N) is 1. The van der Waals surface area contributed by atoms with E-state index in [9.17, 15) is 13.2 Å². The molecule has 0 saturated carbocycles. The highest BCUT2D eigenvalue weighted by atomic mass is 32.2. The first kappa shape index (κ1) is 19.0. The fourth-order valence-corrected chi connectivity index (χ4v) is 3.93. The van der Waals surface area contributed by atoms with E-state index >= 15 is 0 Å². The molecule has 3 N–H and O–H groups in total. The standard InChI is InChI=1S/C18H22N2O4S/c1-12-8-9-17(13(2)10-12)25(22,23)20-14(3)11-24-16-7-5-4-6-15(16)18(19)21/h4-10,14,20H,11H2,1-3H3,(H2,19,21)/t14-/m0/s1. The number of aryl methyl sites for hydroxylation is 2. The summed E-state index contributed by atoms with van der Waals surface area (Å²) in [5.74, 6) is -0.272. The minimum absolute atomic E-state index is 0.0639. The van der Waals surface area contributed by atoms with E-state index in [1.54, 1.807) is 50.2 Å². The Morgan fingerprint density at radius 3 is 2.52 bits per heavy atom. The van der Waals surface area contributed by atoms with Crippen LogP contribution in [-0.2, 0) is 10.0 Å². The number of primary amides is 1. The predicted octanol–water partition coefficient (Wildman–Crippen LogP) is 2.15. The first-order valence-electron chi connectivity index (χ1n) is 7.82. The lowest BCUT2D eigenvalue weighted by atomic mass is 10.2. The van der Waals surface area contributed by atoms with Gasteiger partial charge in [0.2, 0.25) is 10.0 Å². The molecule has 0 aliphatic rings. The number of benzene rings is 2. The molecular weight excluding hydrogens is 340 g/mol. The largest absolute Gasteiger partial charge is 0.491 e. The van der Waals surface area contributed by atoms with E-state index in [1.807, 2.05) is 13.0 Å². The fourth-order valence-electron chi connectivity index (χ4n) is 2.47. The van der Waals surface area contributed by atoms with Crippen molar-refractivity contribution >= 4 is 15.9 Å². The maximum Gasteiger partial charge on any atom is 0.252 e. The second kappa shape index (κ2) is 7.67. The molecule has 2 aromatic rings. The molecule has 0 saturated heterocycles. The molecule has 0 unspecified atom stereocenters. The number of carbonyl (C=O) groups excluding carboxylic acids is 1. The molecule has 25 heavy (non-hydrogen) atoms. The summed E-state index contributed by atoms with van der Waals surface area (Å²) in [6.07, 6.45) is 0. The number of nitrogens with one attached hydrogen (secondary N) is 1. The van der Waals surface area contributed by atoms with Gasteiger partial charge in [-0.05, 0) is 44.5 Å². The van der Waals surface area contributed by atoms with Gasteiger partial charge < -0.3 is 10.5 Å². The molecule has 0 aliphatic carbocycles. The third-order valence-corrected chi connectivity index (χ3v) is 5.37. The molecular formula is C18H22N2O4S. The van der Waals surface area contributed by atoms with Gasteiger partial charge in [0.05, 0.1) is 16.5 Å². The summed E-state index contributed by atoms with van der Waals surface area (Å²) in [4.78, 5) is 11.6. The van der Waals surface area contributed by atoms with Crippen LogP contribution in [0.4, 0.5) is 0 Å². The van der Waals surface area contributed by atoms with Crippen LogP contribution in [0.25, 0.3) is 0 Å². The lowest BCUT2D eigenvalue weighted by molar-refractivity contribution is 0.0996. The van der Waals surface area contributed by atoms with Crippen molar-refractivity contribution in [1.82, 2.24) is 4.72 Å². The van der Waals surface area contributed by atoms with Gasteiger partial charge in [-0.1, -0.05) is 29.8 Å². The Kier molecular flexibility index (Phi) is 5.81. The summed E-state index contributed by atoms with van der Waals surface area (Å²) in [5.41, 5.74) is 7.23. The molecule has 2 aromatic carbocycles. The molecule has 7 heteroatoms. The predicted molar refractivity (Wildman–Crippen MR) is 96.2 cm³/mol. The number of sulfonamides is 1. The van der Waals surface area contributed by atoms with E-state index in [0.717, 1.165) is 5.56 Å². The smallest absolute Gasteiger partial charge is 0.252 e. The van der Waals surface area contributed by atoms with Crippen molar-refractivity contribution in [3.05, 3.63) is 59.2 Å². The quantitative estimate of drug-likeness (QED) is 0.788. The molecule has 0 aliphatic heterocycles. The van der Waals surface area contributed by atoms with Crippen LogP contribution < -0.4 is 15.2 Å². The summed E-state index contributed by atoms with van der Waals surface area (Å²) in [7, 11) is -3.66. The number of hydrogen-bond donors (Lipinski definition) is 2. The Balaban J connectivity index is 2.07. The minimum Gasteiger partial charge on any atom is -0.491 e. The summed E-state index contributed by atoms with van der Waals surface area (Å²) in [6.45, 7) is 5.41. The zero-order valence-corrected chi connectivity index (χ0v) is 15.3. The van der Waals surface area contributed by atoms with E-state index < -0.39 is 22.0 Å². The molecule has 0 radical (unpaired) electrons. The van der Waals surface area contributed by atoms with Crippen LogP contribution in [0, 0.1) is 13.8 Å². The topological polar surface area (TPSA) is 98.5 Å². The highest BCUT2D eigenvalue weighted by molar-refractivity contribution is 7.89. The maximum absolute atomic E-state index is 12.5. The lowest BCUT2D eigenvalue weighted by Gasteiger charge is -2.17. The Bertz CT molecular complexity index is 878. The Morgan fingerprint density at radius 2 is 1.88 bits per heavy atom. The fraction of sp³-hybridized carbons (Fsp3) is 0.278. The Labute approximate surface area is 148 Å². The average Bonchev–Trinajstić information content (AvgIpc) is 2.52. The van der Waals surface area contributed by atoms with E-state index in [2.05, 4.69) is 4.72 Å². The van der Waals surface area contributed by atoms with Crippen LogP contribution in [0.2, 0.25) is 0 Å². The molecule has 0 aromatic heterocycles. The second-order valence-corrected chi connectivity index (χ2v) is 7.65. The van der Waals surface area contributed by atoms with Gasteiger partial charge in [0.25, 0.3) is 5.91 Å². The molecule has 1 amide bonds. The molecule has 1 atom stereocenters. The first-order chi connectivity index (χ1) is 11.7. The van der Waals surface area contributed by atoms with Crippen molar-refractivity contribution in [1.29, 1.82) is 0 Å². The van der Waals surface area contributed by atoms with E-state index in [4.69, 9.17) is 10.5 Å². The monoisotopic (exact) mass is 362 g/mol. The van der Waals surface area contributed by atoms with Gasteiger partial charge in [-0.2, -0.15) is 0 Å². The van der Waals surface area contributed by atoms with Gasteiger partial charge in [0.1, 0.15) is 12.4 Å². The molecule has 2 rings (SSSR count). The van der Waals surface area contributed by atoms with Crippen molar-refractivity contribution < 1.29 is 17.9 Å². The molecule has 0 heterocycles. The molecule has 6 nitrogen and oxygen atoms in total. The molecule has 0 bridgehead atoms. The SMILES string of the molecule is Cc1ccc(S(=O)(=O)N[C@@H](C)COc2ccccc2C(N)=O)c(C)c1. The van der Waals surface area contributed by atoms with Gasteiger partial charge in [-0.15, -0.1) is 0 Å². The third-order valence-electron chi connectivity index (χ3n) is 3.62. The van der Waals surface area contributed by atoms with Crippen molar-refractivity contribution in [2.45, 2.75) is 31.7 Å². The van der Waals surface area contributed by atoms with E-state index in [0.29, 0.717) is 11.3 Å². The average molecular weight is 362 g/mol. The first-order valence-corrected chi connectivity index (χ1v) is 9.30. The van der Waals surface area contributed by atoms with Crippen LogP contribution in [-0.4, -0.2) is 27.0 Å². The second-order valence-electron chi connectivity index (χ2n) is 5.96. The lowest BCUT2D eigenvalue weighted by Crippen LogP contribution is -2.37. The van der Waals surface area contributed by atoms with Gasteiger partial charge >= 0.3 is 0 Å². The highest BCUT2D eigenvalue weighted by Crippen LogP contribution is 2.19. The number of carbonyl (C=O) groups is 1. The van der Waals surface area contributed by atoms with E-state index in [1.165, 1.54) is 0 Å². The van der Waals surface area contributed by atoms with Gasteiger partial charge in [-0.3, -0.25) is 4.79 Å². The zero-order valence-electron chi connectivity index (χ0n) is 14.4. The van der Waals surface area contributed by atoms with Gasteiger partial charge in [-0.25, -0.2) is 13.1 Å². The normalized spacial score (nSPS) is 12.6. The minimum atomic E-state index is -3.66. The highest BCUT2D eigenvalue weighted by Gasteiger charge is 2.20. The van der Waals surface area contributed by atoms with Crippen LogP contribution in [0.3, 0.4) is 0 Å². The molecule has 134 valence electrons. The number of para-hydroxylation sites is 1. The molecule has 0 spiro atoms. The molecule has 0 fully saturated rings. The van der Waals surface area contributed by atoms with Gasteiger partial charge in [0, 0.05) is 0 Å². The summed E-state index contributed by atoms with van der Waals surface area (Å²) >= 11 is 0. The number of hydrogen-bond acceptors (Lipinski definition) is 4. The number of amides is 1. The third kappa shape index (κ3) is 4.80. The number of rotatable bonds is 7. The van der Waals surface area contributed by atoms with Crippen LogP contribution in [0.15, 0.2) is 47.4 Å². The van der Waals surface area contributed by atoms with Crippen LogP contribution in [0.1, 0.15) is 28.4 Å². The van der Waals surface area contributed by atoms with Crippen molar-refractivity contribution in [2.75, 3.05) is 6.61 Å². The summed E-state index contributed by atoms with van der Waals surface area (Å²) < 4.78 is 33.2. The van der Waals surface area contributed by atoms with Crippen LogP contribution >= 0.6 is 0 Å². The van der Waals surface area contributed by atoms with Crippen LogP contribution in [0.5, 0.6) is 5.75 Å². The van der Waals surface area contributed by atoms with Crippen molar-refractivity contribution in [3.8, 4) is 5.75 Å².